The highest BCUT2D eigenvalue weighted by Gasteiger charge is 2.05. The predicted molar refractivity (Wildman–Crippen MR) is 129 cm³/mol. The molecule has 0 amide bonds. The van der Waals surface area contributed by atoms with Crippen LogP contribution in [0.4, 0.5) is 4.39 Å². The summed E-state index contributed by atoms with van der Waals surface area (Å²) >= 11 is 0. The lowest BCUT2D eigenvalue weighted by Crippen LogP contribution is -2.38. The molecule has 2 aromatic rings. The van der Waals surface area contributed by atoms with Crippen LogP contribution < -0.4 is 15.4 Å². The molecule has 2 N–H and O–H groups in total. The number of aliphatic imine (C=N–C) groups is 1. The molecule has 7 heteroatoms. The van der Waals surface area contributed by atoms with E-state index in [2.05, 4.69) is 20.5 Å². The number of halogens is 2. The number of nitrogens with zero attached hydrogens (tertiary/aromatic N) is 2. The van der Waals surface area contributed by atoms with E-state index in [0.29, 0.717) is 37.6 Å². The summed E-state index contributed by atoms with van der Waals surface area (Å²) in [5.41, 5.74) is 1.73. The molecule has 0 heterocycles. The predicted octanol–water partition coefficient (Wildman–Crippen LogP) is 3.68. The fourth-order valence-corrected chi connectivity index (χ4v) is 2.64. The molecule has 5 nitrogen and oxygen atoms in total. The monoisotopic (exact) mass is 514 g/mol. The van der Waals surface area contributed by atoms with E-state index in [9.17, 15) is 4.39 Å². The Morgan fingerprint density at radius 1 is 1.03 bits per heavy atom. The van der Waals surface area contributed by atoms with Gasteiger partial charge in [0, 0.05) is 25.2 Å². The van der Waals surface area contributed by atoms with Crippen molar-refractivity contribution in [1.82, 2.24) is 15.5 Å². The van der Waals surface area contributed by atoms with Crippen LogP contribution in [0.25, 0.3) is 0 Å². The largest absolute Gasteiger partial charge is 0.492 e. The lowest BCUT2D eigenvalue weighted by atomic mass is 10.1. The zero-order valence-electron chi connectivity index (χ0n) is 17.5. The van der Waals surface area contributed by atoms with Gasteiger partial charge in [-0.15, -0.1) is 24.0 Å². The number of para-hydroxylation sites is 1. The van der Waals surface area contributed by atoms with Crippen LogP contribution in [0.3, 0.4) is 0 Å². The van der Waals surface area contributed by atoms with Gasteiger partial charge in [-0.1, -0.05) is 36.4 Å². The quantitative estimate of drug-likeness (QED) is 0.289. The summed E-state index contributed by atoms with van der Waals surface area (Å²) in [5.74, 6) is 1.40. The maximum absolute atomic E-state index is 13.7. The molecule has 2 rings (SSSR count). The number of rotatable bonds is 10. The molecule has 0 saturated heterocycles. The molecular formula is C22H32FIN4O. The van der Waals surface area contributed by atoms with Gasteiger partial charge < -0.3 is 20.3 Å². The normalized spacial score (nSPS) is 11.1. The number of guanidine groups is 1. The number of hydrogen-bond acceptors (Lipinski definition) is 3. The first-order chi connectivity index (χ1) is 13.6. The van der Waals surface area contributed by atoms with Gasteiger partial charge in [-0.25, -0.2) is 9.38 Å². The number of hydrogen-bond donors (Lipinski definition) is 2. The molecule has 0 aliphatic carbocycles. The minimum atomic E-state index is -0.171. The van der Waals surface area contributed by atoms with E-state index in [1.807, 2.05) is 57.4 Å². The van der Waals surface area contributed by atoms with Crippen molar-refractivity contribution in [2.45, 2.75) is 19.9 Å². The molecule has 2 aromatic carbocycles. The number of nitrogens with one attached hydrogen (secondary N) is 2. The second kappa shape index (κ2) is 14.2. The molecule has 0 unspecified atom stereocenters. The average molecular weight is 514 g/mol. The fraction of sp³-hybridized carbons (Fsp3) is 0.409. The third-order valence-electron chi connectivity index (χ3n) is 4.17. The average Bonchev–Trinajstić information content (AvgIpc) is 2.68. The molecule has 29 heavy (non-hydrogen) atoms. The van der Waals surface area contributed by atoms with Gasteiger partial charge in [0.05, 0.1) is 6.54 Å². The van der Waals surface area contributed by atoms with Crippen molar-refractivity contribution in [1.29, 1.82) is 0 Å². The Bertz CT molecular complexity index is 755. The van der Waals surface area contributed by atoms with E-state index in [-0.39, 0.29) is 29.8 Å². The van der Waals surface area contributed by atoms with E-state index < -0.39 is 0 Å². The highest BCUT2D eigenvalue weighted by atomic mass is 127. The Labute approximate surface area is 190 Å². The van der Waals surface area contributed by atoms with Gasteiger partial charge in [-0.2, -0.15) is 0 Å². The van der Waals surface area contributed by atoms with Crippen LogP contribution in [-0.2, 0) is 13.0 Å². The van der Waals surface area contributed by atoms with Gasteiger partial charge in [-0.3, -0.25) is 0 Å². The van der Waals surface area contributed by atoms with Crippen LogP contribution in [0.15, 0.2) is 53.5 Å². The minimum Gasteiger partial charge on any atom is -0.492 e. The highest BCUT2D eigenvalue weighted by molar-refractivity contribution is 14.0. The Balaban J connectivity index is 0.00000420. The summed E-state index contributed by atoms with van der Waals surface area (Å²) in [4.78, 5) is 6.74. The van der Waals surface area contributed by atoms with Gasteiger partial charge in [0.25, 0.3) is 0 Å². The van der Waals surface area contributed by atoms with E-state index >= 15 is 0 Å². The molecule has 0 spiro atoms. The first-order valence-electron chi connectivity index (χ1n) is 9.71. The summed E-state index contributed by atoms with van der Waals surface area (Å²) in [6.07, 6.45) is 0.599. The summed E-state index contributed by atoms with van der Waals surface area (Å²) < 4.78 is 19.6. The Kier molecular flexibility index (Phi) is 12.3. The molecule has 0 radical (unpaired) electrons. The van der Waals surface area contributed by atoms with Gasteiger partial charge in [0.1, 0.15) is 18.2 Å². The Morgan fingerprint density at radius 3 is 2.41 bits per heavy atom. The maximum Gasteiger partial charge on any atom is 0.191 e. The van der Waals surface area contributed by atoms with Crippen LogP contribution in [-0.4, -0.2) is 51.2 Å². The fourth-order valence-electron chi connectivity index (χ4n) is 2.64. The van der Waals surface area contributed by atoms with E-state index in [4.69, 9.17) is 4.74 Å². The van der Waals surface area contributed by atoms with Crippen molar-refractivity contribution < 1.29 is 9.13 Å². The molecule has 0 bridgehead atoms. The van der Waals surface area contributed by atoms with Crippen molar-refractivity contribution >= 4 is 29.9 Å². The van der Waals surface area contributed by atoms with Gasteiger partial charge in [0.15, 0.2) is 5.96 Å². The second-order valence-corrected chi connectivity index (χ2v) is 6.72. The van der Waals surface area contributed by atoms with Crippen molar-refractivity contribution in [3.63, 3.8) is 0 Å². The minimum absolute atomic E-state index is 0. The zero-order valence-corrected chi connectivity index (χ0v) is 19.8. The number of ether oxygens (including phenoxy) is 1. The molecule has 0 aliphatic rings. The van der Waals surface area contributed by atoms with Crippen molar-refractivity contribution in [2.24, 2.45) is 4.99 Å². The van der Waals surface area contributed by atoms with Crippen LogP contribution in [0.2, 0.25) is 0 Å². The van der Waals surface area contributed by atoms with Crippen LogP contribution >= 0.6 is 24.0 Å². The van der Waals surface area contributed by atoms with Gasteiger partial charge in [-0.05, 0) is 45.1 Å². The molecular weight excluding hydrogens is 482 g/mol. The molecule has 0 saturated carbocycles. The molecule has 0 fully saturated rings. The number of benzene rings is 2. The Hall–Kier alpha value is -1.87. The first-order valence-corrected chi connectivity index (χ1v) is 9.71. The molecule has 0 atom stereocenters. The van der Waals surface area contributed by atoms with Gasteiger partial charge >= 0.3 is 0 Å². The number of likely N-dealkylation sites (N-methyl/N-ethyl adjacent to an activating group) is 1. The van der Waals surface area contributed by atoms with Crippen molar-refractivity contribution in [3.8, 4) is 5.75 Å². The maximum atomic E-state index is 13.7. The third kappa shape index (κ3) is 9.45. The molecule has 0 aromatic heterocycles. The van der Waals surface area contributed by atoms with Crippen LogP contribution in [0.1, 0.15) is 18.1 Å². The zero-order chi connectivity index (χ0) is 20.2. The lowest BCUT2D eigenvalue weighted by molar-refractivity contribution is 0.259. The van der Waals surface area contributed by atoms with E-state index in [1.165, 1.54) is 6.07 Å². The molecule has 160 valence electrons. The standard InChI is InChI=1S/C22H31FN4O.HI/c1-4-24-22(25-14-13-18-9-5-7-11-20(18)23)26-17-19-10-6-8-12-21(19)28-16-15-27(2)3;/h5-12H,4,13-17H2,1-3H3,(H2,24,25,26);1H. The summed E-state index contributed by atoms with van der Waals surface area (Å²) in [6.45, 7) is 5.38. The Morgan fingerprint density at radius 2 is 1.72 bits per heavy atom. The van der Waals surface area contributed by atoms with Crippen LogP contribution in [0.5, 0.6) is 5.75 Å². The summed E-state index contributed by atoms with van der Waals surface area (Å²) in [5, 5.41) is 6.50. The summed E-state index contributed by atoms with van der Waals surface area (Å²) in [6, 6.07) is 14.8. The van der Waals surface area contributed by atoms with E-state index in [1.54, 1.807) is 6.07 Å². The highest BCUT2D eigenvalue weighted by Crippen LogP contribution is 2.18. The topological polar surface area (TPSA) is 48.9 Å². The van der Waals surface area contributed by atoms with Gasteiger partial charge in [0.2, 0.25) is 0 Å². The van der Waals surface area contributed by atoms with Crippen LogP contribution in [0, 0.1) is 5.82 Å². The van der Waals surface area contributed by atoms with Crippen molar-refractivity contribution in [3.05, 3.63) is 65.5 Å². The van der Waals surface area contributed by atoms with Crippen molar-refractivity contribution in [2.75, 3.05) is 40.3 Å². The first kappa shape index (κ1) is 25.2. The lowest BCUT2D eigenvalue weighted by Gasteiger charge is -2.14. The second-order valence-electron chi connectivity index (χ2n) is 6.72. The smallest absolute Gasteiger partial charge is 0.191 e. The van der Waals surface area contributed by atoms with E-state index in [0.717, 1.165) is 24.4 Å². The third-order valence-corrected chi connectivity index (χ3v) is 4.17. The summed E-state index contributed by atoms with van der Waals surface area (Å²) in [7, 11) is 4.05. The SMILES string of the molecule is CCNC(=NCc1ccccc1OCCN(C)C)NCCc1ccccc1F.I. The molecule has 0 aliphatic heterocycles.